The number of anilines is 3. The standard InChI is InChI=1S/C21H20FN7O/c1-12-4-5-14(11-18(12)30-3)19-27-21(29(2)28-19)26-17-7-6-13(10-15(17)22)16-8-9-24-20(23)25-16/h4-11H,1-3H3,(H2,23,24,25)(H,26,27,28). The molecule has 3 N–H and O–H groups in total. The van der Waals surface area contributed by atoms with Gasteiger partial charge in [0.15, 0.2) is 5.82 Å². The van der Waals surface area contributed by atoms with Gasteiger partial charge in [0.2, 0.25) is 11.9 Å². The SMILES string of the molecule is COc1cc(-c2nc(Nc3ccc(-c4ccnc(N)n4)cc3F)n(C)n2)ccc1C. The van der Waals surface area contributed by atoms with E-state index < -0.39 is 5.82 Å². The highest BCUT2D eigenvalue weighted by Crippen LogP contribution is 2.28. The third-order valence-corrected chi connectivity index (χ3v) is 4.61. The van der Waals surface area contributed by atoms with Crippen LogP contribution >= 0.6 is 0 Å². The molecule has 152 valence electrons. The molecular formula is C21H20FN7O. The van der Waals surface area contributed by atoms with Gasteiger partial charge < -0.3 is 15.8 Å². The molecule has 0 amide bonds. The molecule has 2 aromatic heterocycles. The average Bonchev–Trinajstić information content (AvgIpc) is 3.10. The Hall–Kier alpha value is -4.01. The van der Waals surface area contributed by atoms with E-state index in [0.29, 0.717) is 23.0 Å². The molecule has 0 saturated carbocycles. The second kappa shape index (κ2) is 7.78. The summed E-state index contributed by atoms with van der Waals surface area (Å²) in [7, 11) is 3.35. The summed E-state index contributed by atoms with van der Waals surface area (Å²) in [6, 6.07) is 12.1. The summed E-state index contributed by atoms with van der Waals surface area (Å²) < 4.78 is 21.6. The van der Waals surface area contributed by atoms with Crippen LogP contribution in [0.25, 0.3) is 22.6 Å². The highest BCUT2D eigenvalue weighted by Gasteiger charge is 2.14. The summed E-state index contributed by atoms with van der Waals surface area (Å²) in [5, 5.41) is 7.41. The molecule has 30 heavy (non-hydrogen) atoms. The van der Waals surface area contributed by atoms with Gasteiger partial charge in [-0.05, 0) is 36.8 Å². The lowest BCUT2D eigenvalue weighted by Crippen LogP contribution is -2.02. The van der Waals surface area contributed by atoms with Gasteiger partial charge in [-0.3, -0.25) is 0 Å². The van der Waals surface area contributed by atoms with Gasteiger partial charge in [-0.25, -0.2) is 19.0 Å². The summed E-state index contributed by atoms with van der Waals surface area (Å²) >= 11 is 0. The lowest BCUT2D eigenvalue weighted by Gasteiger charge is -2.08. The molecule has 0 atom stereocenters. The van der Waals surface area contributed by atoms with Gasteiger partial charge in [0.25, 0.3) is 0 Å². The first-order chi connectivity index (χ1) is 14.4. The Balaban J connectivity index is 1.61. The van der Waals surface area contributed by atoms with Gasteiger partial charge in [-0.2, -0.15) is 4.98 Å². The van der Waals surface area contributed by atoms with Gasteiger partial charge >= 0.3 is 0 Å². The van der Waals surface area contributed by atoms with Crippen LogP contribution in [0.2, 0.25) is 0 Å². The number of nitrogen functional groups attached to an aromatic ring is 1. The maximum Gasteiger partial charge on any atom is 0.226 e. The van der Waals surface area contributed by atoms with Crippen molar-refractivity contribution in [1.82, 2.24) is 24.7 Å². The lowest BCUT2D eigenvalue weighted by atomic mass is 10.1. The van der Waals surface area contributed by atoms with Crippen molar-refractivity contribution in [2.45, 2.75) is 6.92 Å². The monoisotopic (exact) mass is 405 g/mol. The van der Waals surface area contributed by atoms with Crippen LogP contribution in [0.4, 0.5) is 22.0 Å². The Kier molecular flexibility index (Phi) is 5.01. The normalized spacial score (nSPS) is 10.8. The van der Waals surface area contributed by atoms with Crippen LogP contribution in [0.1, 0.15) is 5.56 Å². The molecule has 9 heteroatoms. The molecule has 0 bridgehead atoms. The molecule has 0 saturated heterocycles. The first-order valence-corrected chi connectivity index (χ1v) is 9.16. The molecule has 4 rings (SSSR count). The minimum atomic E-state index is -0.453. The first-order valence-electron chi connectivity index (χ1n) is 9.16. The summed E-state index contributed by atoms with van der Waals surface area (Å²) in [6.45, 7) is 1.96. The Labute approximate surface area is 172 Å². The molecule has 8 nitrogen and oxygen atoms in total. The number of hydrogen-bond acceptors (Lipinski definition) is 7. The first kappa shape index (κ1) is 19.3. The predicted molar refractivity (Wildman–Crippen MR) is 113 cm³/mol. The number of ether oxygens (including phenoxy) is 1. The molecule has 0 aliphatic heterocycles. The largest absolute Gasteiger partial charge is 0.496 e. The van der Waals surface area contributed by atoms with E-state index in [1.54, 1.807) is 37.0 Å². The predicted octanol–water partition coefficient (Wildman–Crippen LogP) is 3.72. The molecule has 0 radical (unpaired) electrons. The average molecular weight is 405 g/mol. The number of halogens is 1. The lowest BCUT2D eigenvalue weighted by molar-refractivity contribution is 0.412. The molecule has 0 aliphatic rings. The minimum Gasteiger partial charge on any atom is -0.496 e. The van der Waals surface area contributed by atoms with Crippen molar-refractivity contribution in [2.75, 3.05) is 18.2 Å². The number of hydrogen-bond donors (Lipinski definition) is 2. The van der Waals surface area contributed by atoms with Crippen molar-refractivity contribution in [3.63, 3.8) is 0 Å². The molecule has 0 unspecified atom stereocenters. The van der Waals surface area contributed by atoms with E-state index in [-0.39, 0.29) is 11.6 Å². The number of aryl methyl sites for hydroxylation is 2. The Morgan fingerprint density at radius 2 is 1.87 bits per heavy atom. The fraction of sp³-hybridized carbons (Fsp3) is 0.143. The number of benzene rings is 2. The highest BCUT2D eigenvalue weighted by atomic mass is 19.1. The Morgan fingerprint density at radius 3 is 2.60 bits per heavy atom. The van der Waals surface area contributed by atoms with Crippen LogP contribution < -0.4 is 15.8 Å². The van der Waals surface area contributed by atoms with Gasteiger partial charge in [-0.15, -0.1) is 5.10 Å². The second-order valence-electron chi connectivity index (χ2n) is 6.69. The topological polar surface area (TPSA) is 104 Å². The fourth-order valence-corrected chi connectivity index (χ4v) is 3.01. The van der Waals surface area contributed by atoms with E-state index >= 15 is 0 Å². The van der Waals surface area contributed by atoms with E-state index in [1.807, 2.05) is 25.1 Å². The smallest absolute Gasteiger partial charge is 0.226 e. The minimum absolute atomic E-state index is 0.134. The third kappa shape index (κ3) is 3.77. The molecular weight excluding hydrogens is 385 g/mol. The van der Waals surface area contributed by atoms with Crippen molar-refractivity contribution in [2.24, 2.45) is 7.05 Å². The van der Waals surface area contributed by atoms with Crippen LogP contribution in [-0.4, -0.2) is 31.8 Å². The van der Waals surface area contributed by atoms with Crippen molar-refractivity contribution in [3.05, 3.63) is 60.0 Å². The molecule has 2 heterocycles. The zero-order valence-electron chi connectivity index (χ0n) is 16.7. The zero-order chi connectivity index (χ0) is 21.3. The van der Waals surface area contributed by atoms with Crippen molar-refractivity contribution in [3.8, 4) is 28.4 Å². The molecule has 2 aromatic carbocycles. The fourth-order valence-electron chi connectivity index (χ4n) is 3.01. The number of nitrogens with two attached hydrogens (primary N) is 1. The number of nitrogens with one attached hydrogen (secondary N) is 1. The van der Waals surface area contributed by atoms with E-state index in [2.05, 4.69) is 25.4 Å². The summed E-state index contributed by atoms with van der Waals surface area (Å²) in [4.78, 5) is 12.5. The Morgan fingerprint density at radius 1 is 1.07 bits per heavy atom. The maximum absolute atomic E-state index is 14.7. The van der Waals surface area contributed by atoms with Gasteiger partial charge in [0, 0.05) is 24.4 Å². The van der Waals surface area contributed by atoms with Gasteiger partial charge in [0.1, 0.15) is 11.6 Å². The van der Waals surface area contributed by atoms with Crippen molar-refractivity contribution >= 4 is 17.6 Å². The van der Waals surface area contributed by atoms with Crippen LogP contribution in [-0.2, 0) is 7.05 Å². The second-order valence-corrected chi connectivity index (χ2v) is 6.69. The molecule has 0 spiro atoms. The van der Waals surface area contributed by atoms with E-state index in [9.17, 15) is 4.39 Å². The zero-order valence-corrected chi connectivity index (χ0v) is 16.7. The van der Waals surface area contributed by atoms with Crippen LogP contribution in [0, 0.1) is 12.7 Å². The van der Waals surface area contributed by atoms with E-state index in [0.717, 1.165) is 16.9 Å². The summed E-state index contributed by atoms with van der Waals surface area (Å²) in [5.41, 5.74) is 8.83. The maximum atomic E-state index is 14.7. The van der Waals surface area contributed by atoms with Crippen LogP contribution in [0.3, 0.4) is 0 Å². The number of aromatic nitrogens is 5. The van der Waals surface area contributed by atoms with Crippen molar-refractivity contribution in [1.29, 1.82) is 0 Å². The Bertz CT molecular complexity index is 1220. The number of rotatable bonds is 5. The quantitative estimate of drug-likeness (QED) is 0.521. The van der Waals surface area contributed by atoms with Crippen LogP contribution in [0.5, 0.6) is 5.75 Å². The van der Waals surface area contributed by atoms with Crippen LogP contribution in [0.15, 0.2) is 48.7 Å². The number of nitrogens with zero attached hydrogens (tertiary/aromatic N) is 5. The summed E-state index contributed by atoms with van der Waals surface area (Å²) in [6.07, 6.45) is 1.53. The van der Waals surface area contributed by atoms with Crippen molar-refractivity contribution < 1.29 is 9.13 Å². The highest BCUT2D eigenvalue weighted by molar-refractivity contribution is 5.67. The summed E-state index contributed by atoms with van der Waals surface area (Å²) in [5.74, 6) is 1.34. The van der Waals surface area contributed by atoms with Gasteiger partial charge in [0.05, 0.1) is 18.5 Å². The van der Waals surface area contributed by atoms with E-state index in [1.165, 1.54) is 12.3 Å². The molecule has 0 fully saturated rings. The van der Waals surface area contributed by atoms with Gasteiger partial charge in [-0.1, -0.05) is 18.2 Å². The van der Waals surface area contributed by atoms with E-state index in [4.69, 9.17) is 10.5 Å². The third-order valence-electron chi connectivity index (χ3n) is 4.61. The molecule has 4 aromatic rings. The number of methoxy groups -OCH3 is 1. The molecule has 0 aliphatic carbocycles.